The Morgan fingerprint density at radius 1 is 1.35 bits per heavy atom. The molecule has 0 radical (unpaired) electrons. The molecule has 1 aromatic rings. The Morgan fingerprint density at radius 3 is 2.65 bits per heavy atom. The van der Waals surface area contributed by atoms with Gasteiger partial charge in [-0.2, -0.15) is 5.10 Å². The zero-order valence-electron chi connectivity index (χ0n) is 13.7. The predicted octanol–water partition coefficient (Wildman–Crippen LogP) is 2.64. The molecule has 2 unspecified atom stereocenters. The monoisotopic (exact) mass is 278 g/mol. The number of aromatic nitrogens is 2. The number of likely N-dealkylation sites (tertiary alicyclic amines) is 1. The fourth-order valence-corrected chi connectivity index (χ4v) is 3.42. The second-order valence-electron chi connectivity index (χ2n) is 7.03. The molecule has 2 heterocycles. The summed E-state index contributed by atoms with van der Waals surface area (Å²) < 4.78 is 1.94. The maximum atomic E-state index is 6.55. The second kappa shape index (κ2) is 5.86. The molecule has 20 heavy (non-hydrogen) atoms. The molecular weight excluding hydrogens is 248 g/mol. The number of hydrogen-bond donors (Lipinski definition) is 1. The van der Waals surface area contributed by atoms with Crippen molar-refractivity contribution in [2.24, 2.45) is 12.8 Å². The van der Waals surface area contributed by atoms with Crippen molar-refractivity contribution in [1.82, 2.24) is 14.7 Å². The molecule has 0 aromatic carbocycles. The molecule has 2 rings (SSSR count). The molecule has 2 N–H and O–H groups in total. The van der Waals surface area contributed by atoms with Gasteiger partial charge in [0.25, 0.3) is 0 Å². The molecule has 0 bridgehead atoms. The van der Waals surface area contributed by atoms with Crippen LogP contribution in [0.2, 0.25) is 0 Å². The lowest BCUT2D eigenvalue weighted by molar-refractivity contribution is 0.0750. The standard InChI is InChI=1S/C16H30N4/c1-6-14-12(11-19(5)18-14)15-13(17)9-7-8-10-20(15)16(2,3)4/h11,13,15H,6-10,17H2,1-5H3. The highest BCUT2D eigenvalue weighted by Gasteiger charge is 2.36. The van der Waals surface area contributed by atoms with Gasteiger partial charge in [0.2, 0.25) is 0 Å². The molecule has 1 aliphatic rings. The Morgan fingerprint density at radius 2 is 2.05 bits per heavy atom. The summed E-state index contributed by atoms with van der Waals surface area (Å²) in [5.74, 6) is 0. The van der Waals surface area contributed by atoms with Gasteiger partial charge in [-0.1, -0.05) is 13.3 Å². The van der Waals surface area contributed by atoms with E-state index in [1.54, 1.807) is 0 Å². The van der Waals surface area contributed by atoms with Gasteiger partial charge in [0, 0.05) is 30.4 Å². The summed E-state index contributed by atoms with van der Waals surface area (Å²) in [6, 6.07) is 0.493. The van der Waals surface area contributed by atoms with Crippen molar-refractivity contribution in [3.63, 3.8) is 0 Å². The maximum Gasteiger partial charge on any atom is 0.0670 e. The van der Waals surface area contributed by atoms with Crippen LogP contribution in [0.25, 0.3) is 0 Å². The Balaban J connectivity index is 2.45. The Kier molecular flexibility index (Phi) is 4.55. The van der Waals surface area contributed by atoms with E-state index in [0.29, 0.717) is 6.04 Å². The number of nitrogens with zero attached hydrogens (tertiary/aromatic N) is 3. The molecule has 1 saturated heterocycles. The fraction of sp³-hybridized carbons (Fsp3) is 0.812. The second-order valence-corrected chi connectivity index (χ2v) is 7.03. The molecule has 2 atom stereocenters. The summed E-state index contributed by atoms with van der Waals surface area (Å²) in [6.45, 7) is 10.2. The van der Waals surface area contributed by atoms with Crippen molar-refractivity contribution in [1.29, 1.82) is 0 Å². The molecule has 4 heteroatoms. The van der Waals surface area contributed by atoms with Gasteiger partial charge in [-0.3, -0.25) is 9.58 Å². The van der Waals surface area contributed by atoms with Gasteiger partial charge in [-0.25, -0.2) is 0 Å². The first-order valence-electron chi connectivity index (χ1n) is 7.89. The number of aryl methyl sites for hydroxylation is 2. The van der Waals surface area contributed by atoms with Crippen molar-refractivity contribution in [3.8, 4) is 0 Å². The van der Waals surface area contributed by atoms with E-state index in [-0.39, 0.29) is 11.6 Å². The SMILES string of the molecule is CCc1nn(C)cc1C1C(N)CCCCN1C(C)(C)C. The smallest absolute Gasteiger partial charge is 0.0670 e. The average molecular weight is 278 g/mol. The van der Waals surface area contributed by atoms with Crippen molar-refractivity contribution in [2.45, 2.75) is 71.0 Å². The van der Waals surface area contributed by atoms with Gasteiger partial charge < -0.3 is 5.73 Å². The first kappa shape index (κ1) is 15.5. The molecule has 0 saturated carbocycles. The van der Waals surface area contributed by atoms with Crippen LogP contribution < -0.4 is 5.73 Å². The van der Waals surface area contributed by atoms with E-state index in [2.05, 4.69) is 43.9 Å². The molecule has 4 nitrogen and oxygen atoms in total. The van der Waals surface area contributed by atoms with Gasteiger partial charge in [0.15, 0.2) is 0 Å². The summed E-state index contributed by atoms with van der Waals surface area (Å²) in [6.07, 6.45) is 6.72. The molecule has 1 aromatic heterocycles. The van der Waals surface area contributed by atoms with E-state index in [9.17, 15) is 0 Å². The number of nitrogens with two attached hydrogens (primary N) is 1. The van der Waals surface area contributed by atoms with Gasteiger partial charge in [0.1, 0.15) is 0 Å². The van der Waals surface area contributed by atoms with Crippen LogP contribution in [0.15, 0.2) is 6.20 Å². The Labute approximate surface area is 123 Å². The Hall–Kier alpha value is -0.870. The van der Waals surface area contributed by atoms with Gasteiger partial charge in [-0.05, 0) is 46.6 Å². The van der Waals surface area contributed by atoms with Crippen LogP contribution in [-0.2, 0) is 13.5 Å². The Bertz CT molecular complexity index is 444. The van der Waals surface area contributed by atoms with Crippen LogP contribution in [0.4, 0.5) is 0 Å². The van der Waals surface area contributed by atoms with Crippen molar-refractivity contribution < 1.29 is 0 Å². The number of rotatable bonds is 2. The zero-order chi connectivity index (χ0) is 14.9. The number of hydrogen-bond acceptors (Lipinski definition) is 3. The summed E-state index contributed by atoms with van der Waals surface area (Å²) in [4.78, 5) is 2.58. The predicted molar refractivity (Wildman–Crippen MR) is 83.6 cm³/mol. The minimum atomic E-state index is 0.132. The highest BCUT2D eigenvalue weighted by molar-refractivity contribution is 5.24. The molecular formula is C16H30N4. The third-order valence-electron chi connectivity index (χ3n) is 4.38. The van der Waals surface area contributed by atoms with Crippen LogP contribution in [0.5, 0.6) is 0 Å². The molecule has 114 valence electrons. The van der Waals surface area contributed by atoms with E-state index in [1.807, 2.05) is 11.7 Å². The quantitative estimate of drug-likeness (QED) is 0.904. The van der Waals surface area contributed by atoms with Crippen molar-refractivity contribution >= 4 is 0 Å². The highest BCUT2D eigenvalue weighted by atomic mass is 15.3. The summed E-state index contributed by atoms with van der Waals surface area (Å²) >= 11 is 0. The van der Waals surface area contributed by atoms with Crippen molar-refractivity contribution in [2.75, 3.05) is 6.54 Å². The van der Waals surface area contributed by atoms with E-state index >= 15 is 0 Å². The first-order chi connectivity index (χ1) is 9.34. The molecule has 0 amide bonds. The topological polar surface area (TPSA) is 47.1 Å². The third kappa shape index (κ3) is 3.07. The van der Waals surface area contributed by atoms with E-state index < -0.39 is 0 Å². The van der Waals surface area contributed by atoms with Crippen LogP contribution in [0.1, 0.15) is 64.3 Å². The van der Waals surface area contributed by atoms with Gasteiger partial charge >= 0.3 is 0 Å². The van der Waals surface area contributed by atoms with Crippen LogP contribution in [-0.4, -0.2) is 32.8 Å². The van der Waals surface area contributed by atoms with Crippen molar-refractivity contribution in [3.05, 3.63) is 17.5 Å². The molecule has 1 aliphatic heterocycles. The lowest BCUT2D eigenvalue weighted by Crippen LogP contribution is -2.49. The maximum absolute atomic E-state index is 6.55. The molecule has 1 fully saturated rings. The normalized spacial score (nSPS) is 25.7. The minimum absolute atomic E-state index is 0.132. The van der Waals surface area contributed by atoms with E-state index in [1.165, 1.54) is 24.1 Å². The third-order valence-corrected chi connectivity index (χ3v) is 4.38. The first-order valence-corrected chi connectivity index (χ1v) is 7.89. The zero-order valence-corrected chi connectivity index (χ0v) is 13.7. The average Bonchev–Trinajstić information content (AvgIpc) is 2.60. The van der Waals surface area contributed by atoms with E-state index in [0.717, 1.165) is 19.4 Å². The summed E-state index contributed by atoms with van der Waals surface area (Å²) in [5.41, 5.74) is 9.22. The lowest BCUT2D eigenvalue weighted by Gasteiger charge is -2.42. The minimum Gasteiger partial charge on any atom is -0.326 e. The highest BCUT2D eigenvalue weighted by Crippen LogP contribution is 2.36. The van der Waals surface area contributed by atoms with Gasteiger partial charge in [-0.15, -0.1) is 0 Å². The van der Waals surface area contributed by atoms with Gasteiger partial charge in [0.05, 0.1) is 11.7 Å². The molecule has 0 aliphatic carbocycles. The largest absolute Gasteiger partial charge is 0.326 e. The summed E-state index contributed by atoms with van der Waals surface area (Å²) in [5, 5.41) is 4.62. The fourth-order valence-electron chi connectivity index (χ4n) is 3.42. The summed E-state index contributed by atoms with van der Waals surface area (Å²) in [7, 11) is 2.01. The van der Waals surface area contributed by atoms with Crippen LogP contribution >= 0.6 is 0 Å². The molecule has 0 spiro atoms. The van der Waals surface area contributed by atoms with E-state index in [4.69, 9.17) is 5.73 Å². The van der Waals surface area contributed by atoms with Crippen LogP contribution in [0.3, 0.4) is 0 Å². The lowest BCUT2D eigenvalue weighted by atomic mass is 9.92. The van der Waals surface area contributed by atoms with Crippen LogP contribution in [0, 0.1) is 0 Å².